The van der Waals surface area contributed by atoms with Crippen LogP contribution in [0.2, 0.25) is 0 Å². The first kappa shape index (κ1) is 15.7. The fourth-order valence-electron chi connectivity index (χ4n) is 2.53. The molecule has 120 valence electrons. The van der Waals surface area contributed by atoms with Crippen LogP contribution in [-0.4, -0.2) is 20.4 Å². The zero-order valence-corrected chi connectivity index (χ0v) is 13.3. The third kappa shape index (κ3) is 3.12. The van der Waals surface area contributed by atoms with Crippen molar-refractivity contribution >= 4 is 15.9 Å². The van der Waals surface area contributed by atoms with Gasteiger partial charge >= 0.3 is 10.1 Å². The Morgan fingerprint density at radius 3 is 2.52 bits per heavy atom. The zero-order chi connectivity index (χ0) is 16.6. The Kier molecular flexibility index (Phi) is 3.93. The first-order valence-corrected chi connectivity index (χ1v) is 8.60. The summed E-state index contributed by atoms with van der Waals surface area (Å²) < 4.78 is 43.0. The van der Waals surface area contributed by atoms with Crippen LogP contribution in [0.5, 0.6) is 5.75 Å². The molecule has 0 fully saturated rings. The third-order valence-corrected chi connectivity index (χ3v) is 5.07. The quantitative estimate of drug-likeness (QED) is 0.809. The molecule has 0 saturated heterocycles. The van der Waals surface area contributed by atoms with E-state index in [-0.39, 0.29) is 17.1 Å². The normalized spacial score (nSPS) is 17.7. The first-order valence-electron chi connectivity index (χ1n) is 7.19. The summed E-state index contributed by atoms with van der Waals surface area (Å²) in [6, 6.07) is 10.6. The maximum Gasteiger partial charge on any atom is 0.339 e. The standard InChI is InChI=1S/C17H15FO4S/c1-11-2-6-14(7-3-11)23(20,21)22-13-5-8-15-12(10-13)4-9-16(18)17(15)19/h2-3,5-8,10,16H,4,9H2,1H3. The van der Waals surface area contributed by atoms with Crippen LogP contribution in [0, 0.1) is 6.92 Å². The molecule has 2 aromatic carbocycles. The second-order valence-electron chi connectivity index (χ2n) is 5.54. The number of hydrogen-bond donors (Lipinski definition) is 0. The van der Waals surface area contributed by atoms with Gasteiger partial charge in [-0.1, -0.05) is 17.7 Å². The van der Waals surface area contributed by atoms with Gasteiger partial charge in [-0.05, 0) is 55.7 Å². The van der Waals surface area contributed by atoms with Crippen LogP contribution in [-0.2, 0) is 16.5 Å². The van der Waals surface area contributed by atoms with E-state index in [2.05, 4.69) is 0 Å². The highest BCUT2D eigenvalue weighted by molar-refractivity contribution is 7.87. The summed E-state index contributed by atoms with van der Waals surface area (Å²) in [6.45, 7) is 1.86. The maximum absolute atomic E-state index is 13.4. The van der Waals surface area contributed by atoms with Crippen molar-refractivity contribution in [3.8, 4) is 5.75 Å². The van der Waals surface area contributed by atoms with E-state index in [4.69, 9.17) is 4.18 Å². The van der Waals surface area contributed by atoms with Crippen molar-refractivity contribution in [1.29, 1.82) is 0 Å². The monoisotopic (exact) mass is 334 g/mol. The smallest absolute Gasteiger partial charge is 0.339 e. The molecule has 0 radical (unpaired) electrons. The molecular formula is C17H15FO4S. The van der Waals surface area contributed by atoms with Gasteiger partial charge in [-0.25, -0.2) is 4.39 Å². The number of carbonyl (C=O) groups is 1. The summed E-state index contributed by atoms with van der Waals surface area (Å²) in [5, 5.41) is 0. The summed E-state index contributed by atoms with van der Waals surface area (Å²) in [5.41, 5.74) is 1.85. The number of benzene rings is 2. The Hall–Kier alpha value is -2.21. The van der Waals surface area contributed by atoms with Gasteiger partial charge in [0.2, 0.25) is 0 Å². The van der Waals surface area contributed by atoms with E-state index in [0.717, 1.165) is 5.56 Å². The average molecular weight is 334 g/mol. The summed E-state index contributed by atoms with van der Waals surface area (Å²) in [6.07, 6.45) is -0.991. The summed E-state index contributed by atoms with van der Waals surface area (Å²) in [5.74, 6) is -0.436. The molecule has 0 N–H and O–H groups in total. The fourth-order valence-corrected chi connectivity index (χ4v) is 3.45. The molecule has 0 heterocycles. The third-order valence-electron chi connectivity index (χ3n) is 3.81. The Morgan fingerprint density at radius 2 is 1.83 bits per heavy atom. The highest BCUT2D eigenvalue weighted by atomic mass is 32.2. The topological polar surface area (TPSA) is 60.4 Å². The van der Waals surface area contributed by atoms with Gasteiger partial charge in [-0.15, -0.1) is 0 Å². The van der Waals surface area contributed by atoms with Gasteiger partial charge in [0, 0.05) is 5.56 Å². The minimum absolute atomic E-state index is 0.0562. The van der Waals surface area contributed by atoms with Crippen LogP contribution >= 0.6 is 0 Å². The highest BCUT2D eigenvalue weighted by Gasteiger charge is 2.27. The lowest BCUT2D eigenvalue weighted by molar-refractivity contribution is 0.0856. The zero-order valence-electron chi connectivity index (χ0n) is 12.5. The van der Waals surface area contributed by atoms with E-state index in [1.165, 1.54) is 30.3 Å². The predicted octanol–water partition coefficient (Wildman–Crippen LogP) is 3.23. The number of Topliss-reactive ketones (excluding diaryl/α,β-unsaturated/α-hetero) is 1. The summed E-state index contributed by atoms with van der Waals surface area (Å²) in [4.78, 5) is 11.8. The van der Waals surface area contributed by atoms with Crippen molar-refractivity contribution in [3.63, 3.8) is 0 Å². The molecule has 0 aromatic heterocycles. The molecule has 6 heteroatoms. The SMILES string of the molecule is Cc1ccc(S(=O)(=O)Oc2ccc3c(c2)CCC(F)C3=O)cc1. The Morgan fingerprint density at radius 1 is 1.13 bits per heavy atom. The first-order chi connectivity index (χ1) is 10.9. The average Bonchev–Trinajstić information content (AvgIpc) is 2.51. The van der Waals surface area contributed by atoms with Crippen molar-refractivity contribution in [3.05, 3.63) is 59.2 Å². The molecule has 0 amide bonds. The Labute approximate surface area is 134 Å². The maximum atomic E-state index is 13.4. The molecule has 1 unspecified atom stereocenters. The molecule has 1 aliphatic rings. The molecule has 0 aliphatic heterocycles. The number of halogens is 1. The highest BCUT2D eigenvalue weighted by Crippen LogP contribution is 2.28. The summed E-state index contributed by atoms with van der Waals surface area (Å²) in [7, 11) is -3.94. The van der Waals surface area contributed by atoms with Crippen LogP contribution in [0.15, 0.2) is 47.4 Å². The van der Waals surface area contributed by atoms with Crippen LogP contribution < -0.4 is 4.18 Å². The van der Waals surface area contributed by atoms with Crippen molar-refractivity contribution in [2.24, 2.45) is 0 Å². The molecule has 0 spiro atoms. The number of carbonyl (C=O) groups excluding carboxylic acids is 1. The van der Waals surface area contributed by atoms with E-state index in [0.29, 0.717) is 17.5 Å². The lowest BCUT2D eigenvalue weighted by atomic mass is 9.89. The van der Waals surface area contributed by atoms with E-state index in [9.17, 15) is 17.6 Å². The predicted molar refractivity (Wildman–Crippen MR) is 83.0 cm³/mol. The Bertz CT molecular complexity index is 857. The molecule has 2 aromatic rings. The molecule has 23 heavy (non-hydrogen) atoms. The van der Waals surface area contributed by atoms with Crippen molar-refractivity contribution in [2.45, 2.75) is 30.8 Å². The number of alkyl halides is 1. The van der Waals surface area contributed by atoms with Crippen molar-refractivity contribution in [1.82, 2.24) is 0 Å². The molecule has 0 bridgehead atoms. The van der Waals surface area contributed by atoms with Gasteiger partial charge in [0.05, 0.1) is 0 Å². The van der Waals surface area contributed by atoms with Crippen LogP contribution in [0.1, 0.15) is 27.9 Å². The minimum atomic E-state index is -3.94. The van der Waals surface area contributed by atoms with E-state index in [1.54, 1.807) is 12.1 Å². The van der Waals surface area contributed by atoms with E-state index >= 15 is 0 Å². The van der Waals surface area contributed by atoms with E-state index in [1.807, 2.05) is 6.92 Å². The van der Waals surface area contributed by atoms with Gasteiger partial charge in [-0.3, -0.25) is 4.79 Å². The number of hydrogen-bond acceptors (Lipinski definition) is 4. The number of aryl methyl sites for hydroxylation is 2. The molecule has 4 nitrogen and oxygen atoms in total. The molecule has 0 saturated carbocycles. The number of rotatable bonds is 3. The van der Waals surface area contributed by atoms with Crippen LogP contribution in [0.4, 0.5) is 4.39 Å². The lowest BCUT2D eigenvalue weighted by Gasteiger charge is -2.18. The molecular weight excluding hydrogens is 319 g/mol. The second kappa shape index (κ2) is 5.77. The largest absolute Gasteiger partial charge is 0.379 e. The van der Waals surface area contributed by atoms with Gasteiger partial charge < -0.3 is 4.18 Å². The van der Waals surface area contributed by atoms with Gasteiger partial charge in [0.25, 0.3) is 0 Å². The molecule has 3 rings (SSSR count). The van der Waals surface area contributed by atoms with Gasteiger partial charge in [-0.2, -0.15) is 8.42 Å². The van der Waals surface area contributed by atoms with Crippen molar-refractivity contribution in [2.75, 3.05) is 0 Å². The van der Waals surface area contributed by atoms with Crippen LogP contribution in [0.3, 0.4) is 0 Å². The molecule has 1 aliphatic carbocycles. The summed E-state index contributed by atoms with van der Waals surface area (Å²) >= 11 is 0. The van der Waals surface area contributed by atoms with Gasteiger partial charge in [0.1, 0.15) is 10.6 Å². The van der Waals surface area contributed by atoms with E-state index < -0.39 is 22.1 Å². The molecule has 1 atom stereocenters. The fraction of sp³-hybridized carbons (Fsp3) is 0.235. The minimum Gasteiger partial charge on any atom is -0.379 e. The van der Waals surface area contributed by atoms with Crippen molar-refractivity contribution < 1.29 is 21.8 Å². The second-order valence-corrected chi connectivity index (χ2v) is 7.09. The van der Waals surface area contributed by atoms with Crippen LogP contribution in [0.25, 0.3) is 0 Å². The lowest BCUT2D eigenvalue weighted by Crippen LogP contribution is -2.23. The van der Waals surface area contributed by atoms with Gasteiger partial charge in [0.15, 0.2) is 12.0 Å². The Balaban J connectivity index is 1.89. The number of ketones is 1. The number of fused-ring (bicyclic) bond motifs is 1.